The van der Waals surface area contributed by atoms with Gasteiger partial charge >= 0.3 is 12.1 Å². The zero-order valence-electron chi connectivity index (χ0n) is 18.3. The standard InChI is InChI=1S/C21H24F3N3O5S/c1-4-32-20(29)18-13(2)17(14(3)25-18)19(28)26-8-10-27(11-9-26)33(30,31)16-7-5-6-15(12-16)21(22,23)24/h5-7,12,25H,4,8-11H2,1-3H3. The number of H-pyrrole nitrogens is 1. The number of halogens is 3. The topological polar surface area (TPSA) is 99.8 Å². The van der Waals surface area contributed by atoms with Crippen LogP contribution in [0.1, 0.15) is 44.6 Å². The Morgan fingerprint density at radius 2 is 1.76 bits per heavy atom. The van der Waals surface area contributed by atoms with E-state index in [2.05, 4.69) is 4.98 Å². The monoisotopic (exact) mass is 487 g/mol. The number of sulfonamides is 1. The van der Waals surface area contributed by atoms with Crippen LogP contribution < -0.4 is 0 Å². The van der Waals surface area contributed by atoms with Gasteiger partial charge in [0.25, 0.3) is 5.91 Å². The first-order chi connectivity index (χ1) is 15.4. The van der Waals surface area contributed by atoms with E-state index in [-0.39, 0.29) is 44.4 Å². The second-order valence-corrected chi connectivity index (χ2v) is 9.51. The van der Waals surface area contributed by atoms with Gasteiger partial charge in [0.1, 0.15) is 5.69 Å². The Balaban J connectivity index is 1.75. The zero-order chi connectivity index (χ0) is 24.6. The van der Waals surface area contributed by atoms with Gasteiger partial charge in [-0.1, -0.05) is 6.07 Å². The minimum Gasteiger partial charge on any atom is -0.461 e. The highest BCUT2D eigenvalue weighted by Crippen LogP contribution is 2.31. The van der Waals surface area contributed by atoms with Gasteiger partial charge in [-0.25, -0.2) is 13.2 Å². The molecule has 2 heterocycles. The van der Waals surface area contributed by atoms with E-state index < -0.39 is 32.6 Å². The molecule has 1 amide bonds. The van der Waals surface area contributed by atoms with Gasteiger partial charge in [0.15, 0.2) is 0 Å². The third-order valence-electron chi connectivity index (χ3n) is 5.46. The predicted molar refractivity (Wildman–Crippen MR) is 112 cm³/mol. The maximum Gasteiger partial charge on any atom is 0.416 e. The van der Waals surface area contributed by atoms with E-state index in [1.54, 1.807) is 20.8 Å². The summed E-state index contributed by atoms with van der Waals surface area (Å²) in [6.45, 7) is 5.08. The van der Waals surface area contributed by atoms with Crippen LogP contribution in [0.25, 0.3) is 0 Å². The molecule has 180 valence electrons. The van der Waals surface area contributed by atoms with Crippen molar-refractivity contribution in [3.05, 3.63) is 52.3 Å². The maximum absolute atomic E-state index is 13.1. The molecule has 0 spiro atoms. The van der Waals surface area contributed by atoms with Crippen molar-refractivity contribution in [3.8, 4) is 0 Å². The zero-order valence-corrected chi connectivity index (χ0v) is 19.1. The number of alkyl halides is 3. The average molecular weight is 488 g/mol. The van der Waals surface area contributed by atoms with Crippen LogP contribution in [-0.2, 0) is 20.9 Å². The van der Waals surface area contributed by atoms with E-state index in [9.17, 15) is 31.2 Å². The van der Waals surface area contributed by atoms with Gasteiger partial charge in [-0.2, -0.15) is 17.5 Å². The first-order valence-electron chi connectivity index (χ1n) is 10.2. The SMILES string of the molecule is CCOC(=O)c1[nH]c(C)c(C(=O)N2CCN(S(=O)(=O)c3cccc(C(F)(F)F)c3)CC2)c1C. The lowest BCUT2D eigenvalue weighted by Gasteiger charge is -2.34. The molecule has 2 aromatic rings. The second-order valence-electron chi connectivity index (χ2n) is 7.57. The molecule has 0 radical (unpaired) electrons. The molecule has 0 saturated carbocycles. The molecule has 0 bridgehead atoms. The highest BCUT2D eigenvalue weighted by Gasteiger charge is 2.35. The summed E-state index contributed by atoms with van der Waals surface area (Å²) in [6, 6.07) is 3.58. The van der Waals surface area contributed by atoms with Crippen LogP contribution in [0.15, 0.2) is 29.2 Å². The molecule has 1 aliphatic rings. The smallest absolute Gasteiger partial charge is 0.416 e. The molecule has 1 aliphatic heterocycles. The van der Waals surface area contributed by atoms with Gasteiger partial charge in [0.05, 0.1) is 22.6 Å². The molecule has 3 rings (SSSR count). The largest absolute Gasteiger partial charge is 0.461 e. The first kappa shape index (κ1) is 24.8. The number of carbonyl (C=O) groups excluding carboxylic acids is 2. The van der Waals surface area contributed by atoms with Crippen molar-refractivity contribution in [1.82, 2.24) is 14.2 Å². The molecule has 1 N–H and O–H groups in total. The van der Waals surface area contributed by atoms with Crippen molar-refractivity contribution in [2.45, 2.75) is 31.8 Å². The predicted octanol–water partition coefficient (Wildman–Crippen LogP) is 2.97. The average Bonchev–Trinajstić information content (AvgIpc) is 3.07. The van der Waals surface area contributed by atoms with Gasteiger partial charge in [-0.15, -0.1) is 0 Å². The van der Waals surface area contributed by atoms with Crippen molar-refractivity contribution >= 4 is 21.9 Å². The number of amides is 1. The summed E-state index contributed by atoms with van der Waals surface area (Å²) >= 11 is 0. The number of hydrogen-bond donors (Lipinski definition) is 1. The number of nitrogens with zero attached hydrogens (tertiary/aromatic N) is 2. The summed E-state index contributed by atoms with van der Waals surface area (Å²) < 4.78 is 70.7. The van der Waals surface area contributed by atoms with E-state index in [1.807, 2.05) is 0 Å². The summed E-state index contributed by atoms with van der Waals surface area (Å²) in [5.74, 6) is -0.943. The van der Waals surface area contributed by atoms with E-state index in [1.165, 1.54) is 4.90 Å². The first-order valence-corrected chi connectivity index (χ1v) is 11.6. The van der Waals surface area contributed by atoms with Crippen LogP contribution in [-0.4, -0.2) is 67.3 Å². The lowest BCUT2D eigenvalue weighted by Crippen LogP contribution is -2.50. The Morgan fingerprint density at radius 1 is 1.12 bits per heavy atom. The van der Waals surface area contributed by atoms with Gasteiger partial charge in [-0.05, 0) is 44.5 Å². The van der Waals surface area contributed by atoms with Crippen LogP contribution in [0.5, 0.6) is 0 Å². The quantitative estimate of drug-likeness (QED) is 0.654. The molecule has 1 saturated heterocycles. The number of hydrogen-bond acceptors (Lipinski definition) is 5. The Morgan fingerprint density at radius 3 is 2.33 bits per heavy atom. The summed E-state index contributed by atoms with van der Waals surface area (Å²) in [6.07, 6.45) is -4.66. The number of esters is 1. The van der Waals surface area contributed by atoms with E-state index >= 15 is 0 Å². The molecule has 0 unspecified atom stereocenters. The van der Waals surface area contributed by atoms with Crippen LogP contribution in [0.3, 0.4) is 0 Å². The summed E-state index contributed by atoms with van der Waals surface area (Å²) in [4.78, 5) is 29.0. The number of nitrogens with one attached hydrogen (secondary N) is 1. The summed E-state index contributed by atoms with van der Waals surface area (Å²) in [7, 11) is -4.16. The van der Waals surface area contributed by atoms with Crippen LogP contribution in [0.4, 0.5) is 13.2 Å². The number of aryl methyl sites for hydroxylation is 1. The van der Waals surface area contributed by atoms with Gasteiger partial charge in [0, 0.05) is 31.9 Å². The fraction of sp³-hybridized carbons (Fsp3) is 0.429. The molecule has 33 heavy (non-hydrogen) atoms. The number of aromatic nitrogens is 1. The number of piperazine rings is 1. The minimum atomic E-state index is -4.66. The van der Waals surface area contributed by atoms with Gasteiger partial charge in [0.2, 0.25) is 10.0 Å². The van der Waals surface area contributed by atoms with Crippen molar-refractivity contribution in [2.75, 3.05) is 32.8 Å². The molecule has 1 aromatic carbocycles. The van der Waals surface area contributed by atoms with Crippen LogP contribution in [0, 0.1) is 13.8 Å². The Hall–Kier alpha value is -2.86. The molecule has 1 fully saturated rings. The molecule has 0 aliphatic carbocycles. The van der Waals surface area contributed by atoms with E-state index in [0.717, 1.165) is 22.5 Å². The highest BCUT2D eigenvalue weighted by atomic mass is 32.2. The third-order valence-corrected chi connectivity index (χ3v) is 7.35. The molecule has 1 aromatic heterocycles. The fourth-order valence-electron chi connectivity index (χ4n) is 3.75. The normalized spacial score (nSPS) is 15.5. The van der Waals surface area contributed by atoms with E-state index in [4.69, 9.17) is 4.74 Å². The second kappa shape index (κ2) is 9.18. The third kappa shape index (κ3) is 4.91. The fourth-order valence-corrected chi connectivity index (χ4v) is 5.22. The van der Waals surface area contributed by atoms with Crippen molar-refractivity contribution in [3.63, 3.8) is 0 Å². The number of ether oxygens (including phenoxy) is 1. The Bertz CT molecular complexity index is 1170. The van der Waals surface area contributed by atoms with Crippen molar-refractivity contribution < 1.29 is 35.9 Å². The van der Waals surface area contributed by atoms with Gasteiger partial charge < -0.3 is 14.6 Å². The van der Waals surface area contributed by atoms with Crippen molar-refractivity contribution in [1.29, 1.82) is 0 Å². The highest BCUT2D eigenvalue weighted by molar-refractivity contribution is 7.89. The number of benzene rings is 1. The van der Waals surface area contributed by atoms with Crippen LogP contribution in [0.2, 0.25) is 0 Å². The summed E-state index contributed by atoms with van der Waals surface area (Å²) in [5, 5.41) is 0. The number of rotatable bonds is 5. The molecule has 0 atom stereocenters. The number of carbonyl (C=O) groups is 2. The Labute approximate surface area is 189 Å². The lowest BCUT2D eigenvalue weighted by molar-refractivity contribution is -0.137. The number of aromatic amines is 1. The van der Waals surface area contributed by atoms with Crippen LogP contribution >= 0.6 is 0 Å². The Kier molecular flexibility index (Phi) is 6.89. The van der Waals surface area contributed by atoms with E-state index in [0.29, 0.717) is 22.9 Å². The molecule has 8 nitrogen and oxygen atoms in total. The maximum atomic E-state index is 13.1. The molecule has 12 heteroatoms. The molecular weight excluding hydrogens is 463 g/mol. The summed E-state index contributed by atoms with van der Waals surface area (Å²) in [5.41, 5.74) is 0.374. The molecular formula is C21H24F3N3O5S. The minimum absolute atomic E-state index is 0.0514. The van der Waals surface area contributed by atoms with Gasteiger partial charge in [-0.3, -0.25) is 4.79 Å². The van der Waals surface area contributed by atoms with Crippen molar-refractivity contribution in [2.24, 2.45) is 0 Å². The lowest BCUT2D eigenvalue weighted by atomic mass is 10.1.